The van der Waals surface area contributed by atoms with Gasteiger partial charge >= 0.3 is 0 Å². The van der Waals surface area contributed by atoms with Crippen molar-refractivity contribution in [1.82, 2.24) is 9.80 Å². The molecule has 1 aromatic carbocycles. The number of phenolic OH excluding ortho intramolecular Hbond substituents is 1. The number of aromatic hydroxyl groups is 1. The number of ether oxygens (including phenoxy) is 1. The number of amides is 2. The number of carbonyl (C=O) groups excluding carboxylic acids is 2. The maximum Gasteiger partial charge on any atom is 0.257 e. The van der Waals surface area contributed by atoms with Crippen molar-refractivity contribution < 1.29 is 32.6 Å². The molecule has 6 nitrogen and oxygen atoms in total. The second-order valence-electron chi connectivity index (χ2n) is 8.66. The van der Waals surface area contributed by atoms with E-state index in [4.69, 9.17) is 4.74 Å². The lowest BCUT2D eigenvalue weighted by Gasteiger charge is -2.37. The summed E-state index contributed by atoms with van der Waals surface area (Å²) in [6, 6.07) is 2.90. The average molecular weight is 462 g/mol. The fourth-order valence-electron chi connectivity index (χ4n) is 4.83. The number of nitrogens with zero attached hydrogens (tertiary/aromatic N) is 2. The van der Waals surface area contributed by atoms with E-state index in [0.29, 0.717) is 18.4 Å². The molecule has 1 spiro atoms. The summed E-state index contributed by atoms with van der Waals surface area (Å²) in [7, 11) is 0. The largest absolute Gasteiger partial charge is 0.508 e. The zero-order chi connectivity index (χ0) is 23.9. The van der Waals surface area contributed by atoms with Crippen LogP contribution in [0, 0.1) is 5.82 Å². The number of benzene rings is 1. The Kier molecular flexibility index (Phi) is 6.09. The second-order valence-corrected chi connectivity index (χ2v) is 8.66. The number of allylic oxidation sites excluding steroid dienone is 3. The van der Waals surface area contributed by atoms with Crippen LogP contribution in [-0.4, -0.2) is 57.7 Å². The molecule has 1 N–H and O–H groups in total. The summed E-state index contributed by atoms with van der Waals surface area (Å²) in [6.07, 6.45) is 3.03. The summed E-state index contributed by atoms with van der Waals surface area (Å²) in [4.78, 5) is 29.1. The quantitative estimate of drug-likeness (QED) is 0.683. The van der Waals surface area contributed by atoms with Crippen LogP contribution in [-0.2, 0) is 9.53 Å². The van der Waals surface area contributed by atoms with Gasteiger partial charge in [0.2, 0.25) is 0 Å². The monoisotopic (exact) mass is 462 g/mol. The molecular formula is C24H25F3N2O4. The van der Waals surface area contributed by atoms with Crippen LogP contribution in [0.15, 0.2) is 54.2 Å². The van der Waals surface area contributed by atoms with E-state index in [1.54, 1.807) is 4.90 Å². The summed E-state index contributed by atoms with van der Waals surface area (Å²) in [5.41, 5.74) is -0.881. The van der Waals surface area contributed by atoms with Crippen LogP contribution in [0.25, 0.3) is 0 Å². The van der Waals surface area contributed by atoms with E-state index in [1.807, 2.05) is 0 Å². The van der Waals surface area contributed by atoms with E-state index in [2.05, 4.69) is 6.58 Å². The Bertz CT molecular complexity index is 1060. The van der Waals surface area contributed by atoms with E-state index < -0.39 is 41.2 Å². The van der Waals surface area contributed by atoms with E-state index in [0.717, 1.165) is 25.1 Å². The summed E-state index contributed by atoms with van der Waals surface area (Å²) >= 11 is 0. The lowest BCUT2D eigenvalue weighted by molar-refractivity contribution is -0.142. The molecule has 0 bridgehead atoms. The molecule has 9 heteroatoms. The summed E-state index contributed by atoms with van der Waals surface area (Å²) in [5, 5.41) is 9.35. The maximum absolute atomic E-state index is 14.1. The molecule has 3 heterocycles. The molecule has 1 aromatic rings. The van der Waals surface area contributed by atoms with Gasteiger partial charge in [-0.15, -0.1) is 0 Å². The highest BCUT2D eigenvalue weighted by Gasteiger charge is 2.58. The summed E-state index contributed by atoms with van der Waals surface area (Å²) in [6.45, 7) is 5.41. The molecule has 2 atom stereocenters. The fraction of sp³-hybridized carbons (Fsp3) is 0.417. The molecule has 0 unspecified atom stereocenters. The van der Waals surface area contributed by atoms with Gasteiger partial charge in [0.1, 0.15) is 23.6 Å². The third-order valence-corrected chi connectivity index (χ3v) is 6.45. The number of rotatable bonds is 4. The third-order valence-electron chi connectivity index (χ3n) is 6.45. The molecule has 4 rings (SSSR count). The highest BCUT2D eigenvalue weighted by molar-refractivity contribution is 5.95. The van der Waals surface area contributed by atoms with Crippen molar-refractivity contribution in [2.75, 3.05) is 13.1 Å². The Morgan fingerprint density at radius 3 is 2.58 bits per heavy atom. The molecule has 3 fully saturated rings. The molecule has 0 aromatic heterocycles. The number of carbonyl (C=O) groups is 2. The minimum Gasteiger partial charge on any atom is -0.508 e. The first-order chi connectivity index (χ1) is 15.6. The Balaban J connectivity index is 1.45. The number of likely N-dealkylation sites (tertiary alicyclic amines) is 1. The minimum absolute atomic E-state index is 0.147. The highest BCUT2D eigenvalue weighted by Crippen LogP contribution is 2.44. The zero-order valence-corrected chi connectivity index (χ0v) is 18.2. The number of phenols is 1. The number of hydrogen-bond acceptors (Lipinski definition) is 4. The van der Waals surface area contributed by atoms with Crippen molar-refractivity contribution in [1.29, 1.82) is 0 Å². The Hall–Kier alpha value is -3.07. The molecule has 0 radical (unpaired) electrons. The Labute approximate surface area is 189 Å². The Morgan fingerprint density at radius 1 is 1.24 bits per heavy atom. The van der Waals surface area contributed by atoms with Crippen LogP contribution in [0.2, 0.25) is 0 Å². The van der Waals surface area contributed by atoms with Gasteiger partial charge < -0.3 is 19.6 Å². The molecule has 3 aliphatic rings. The molecule has 0 aliphatic carbocycles. The van der Waals surface area contributed by atoms with Gasteiger partial charge in [-0.2, -0.15) is 0 Å². The van der Waals surface area contributed by atoms with Crippen molar-refractivity contribution in [3.8, 4) is 5.75 Å². The van der Waals surface area contributed by atoms with Crippen molar-refractivity contribution in [3.63, 3.8) is 0 Å². The SMILES string of the molecule is C=C(/C=C(F)\C=C(/C)F)[C@@H]1CC[C@H]2OC3(CCN(C(=O)c4ccc(O)cc4F)CC3)C(=O)N21. The van der Waals surface area contributed by atoms with Gasteiger partial charge in [0.25, 0.3) is 11.8 Å². The van der Waals surface area contributed by atoms with E-state index in [9.17, 15) is 27.9 Å². The molecule has 3 saturated heterocycles. The van der Waals surface area contributed by atoms with Crippen molar-refractivity contribution >= 4 is 11.8 Å². The van der Waals surface area contributed by atoms with Gasteiger partial charge in [-0.3, -0.25) is 9.59 Å². The van der Waals surface area contributed by atoms with E-state index >= 15 is 0 Å². The predicted molar refractivity (Wildman–Crippen MR) is 114 cm³/mol. The highest BCUT2D eigenvalue weighted by atomic mass is 19.1. The first-order valence-electron chi connectivity index (χ1n) is 10.8. The molecule has 0 saturated carbocycles. The lowest BCUT2D eigenvalue weighted by Crippen LogP contribution is -2.52. The zero-order valence-electron chi connectivity index (χ0n) is 18.2. The second kappa shape index (κ2) is 8.70. The van der Waals surface area contributed by atoms with Crippen LogP contribution in [0.5, 0.6) is 5.75 Å². The van der Waals surface area contributed by atoms with Crippen LogP contribution in [0.3, 0.4) is 0 Å². The standard InChI is InChI=1S/C24H25F3N2O4/c1-14(11-16(26)12-15(2)25)20-5-6-21-29(20)23(32)24(33-21)7-9-28(10-8-24)22(31)18-4-3-17(30)13-19(18)27/h3-4,11-13,20-21,30H,1,5-10H2,2H3/b15-12+,16-11+/t20-,21+/m0/s1. The van der Waals surface area contributed by atoms with Gasteiger partial charge in [0.05, 0.1) is 17.4 Å². The fourth-order valence-corrected chi connectivity index (χ4v) is 4.83. The summed E-state index contributed by atoms with van der Waals surface area (Å²) in [5.74, 6) is -3.28. The van der Waals surface area contributed by atoms with Crippen molar-refractivity contribution in [2.45, 2.75) is 50.5 Å². The topological polar surface area (TPSA) is 70.1 Å². The number of piperidine rings is 1. The number of hydrogen-bond donors (Lipinski definition) is 1. The van der Waals surface area contributed by atoms with Crippen LogP contribution < -0.4 is 0 Å². The summed E-state index contributed by atoms with van der Waals surface area (Å²) < 4.78 is 47.1. The smallest absolute Gasteiger partial charge is 0.257 e. The molecular weight excluding hydrogens is 437 g/mol. The number of fused-ring (bicyclic) bond motifs is 1. The third kappa shape index (κ3) is 4.29. The normalized spacial score (nSPS) is 25.0. The van der Waals surface area contributed by atoms with Gasteiger partial charge in [-0.05, 0) is 43.5 Å². The van der Waals surface area contributed by atoms with Crippen LogP contribution in [0.4, 0.5) is 13.2 Å². The van der Waals surface area contributed by atoms with E-state index in [1.165, 1.54) is 17.0 Å². The van der Waals surface area contributed by atoms with Crippen LogP contribution in [0.1, 0.15) is 43.0 Å². The average Bonchev–Trinajstić information content (AvgIpc) is 3.26. The minimum atomic E-state index is -1.09. The van der Waals surface area contributed by atoms with Gasteiger partial charge in [0.15, 0.2) is 5.60 Å². The molecule has 2 amide bonds. The predicted octanol–water partition coefficient (Wildman–Crippen LogP) is 4.14. The maximum atomic E-state index is 14.1. The Morgan fingerprint density at radius 2 is 1.94 bits per heavy atom. The van der Waals surface area contributed by atoms with Gasteiger partial charge in [-0.25, -0.2) is 13.2 Å². The number of halogens is 3. The van der Waals surface area contributed by atoms with Crippen molar-refractivity contribution in [2.24, 2.45) is 0 Å². The molecule has 3 aliphatic heterocycles. The first kappa shape index (κ1) is 23.1. The van der Waals surface area contributed by atoms with E-state index in [-0.39, 0.29) is 43.2 Å². The van der Waals surface area contributed by atoms with Crippen LogP contribution >= 0.6 is 0 Å². The molecule has 176 valence electrons. The van der Waals surface area contributed by atoms with Crippen molar-refractivity contribution in [3.05, 3.63) is 65.5 Å². The molecule has 33 heavy (non-hydrogen) atoms. The van der Waals surface area contributed by atoms with Gasteiger partial charge in [0, 0.05) is 38.1 Å². The first-order valence-corrected chi connectivity index (χ1v) is 10.8. The van der Waals surface area contributed by atoms with Gasteiger partial charge in [-0.1, -0.05) is 6.58 Å². The lowest BCUT2D eigenvalue weighted by atomic mass is 9.89.